The van der Waals surface area contributed by atoms with Gasteiger partial charge in [-0.15, -0.1) is 0 Å². The van der Waals surface area contributed by atoms with E-state index in [0.717, 1.165) is 33.3 Å². The standard InChI is InChI=1S/C21H20BrClN2O2/c1-14(26)25-12-4-11-24-21(25)18-5-3-6-19(23)17(18)9-7-15-13-16(22)8-10-20(15)27-2/h3-6,8,10-11,13H,7,9,12H2,1-2H3. The van der Waals surface area contributed by atoms with E-state index in [0.29, 0.717) is 23.8 Å². The molecule has 0 atom stereocenters. The average molecular weight is 448 g/mol. The van der Waals surface area contributed by atoms with Gasteiger partial charge in [0.1, 0.15) is 11.6 Å². The van der Waals surface area contributed by atoms with Crippen LogP contribution in [0.25, 0.3) is 0 Å². The van der Waals surface area contributed by atoms with E-state index in [1.54, 1.807) is 25.1 Å². The van der Waals surface area contributed by atoms with Gasteiger partial charge in [0.05, 0.1) is 7.11 Å². The molecule has 0 aliphatic carbocycles. The lowest BCUT2D eigenvalue weighted by atomic mass is 9.97. The molecule has 0 aromatic heterocycles. The maximum absolute atomic E-state index is 12.0. The summed E-state index contributed by atoms with van der Waals surface area (Å²) in [5.74, 6) is 1.44. The van der Waals surface area contributed by atoms with Crippen molar-refractivity contribution in [1.82, 2.24) is 4.90 Å². The van der Waals surface area contributed by atoms with Crippen LogP contribution < -0.4 is 4.74 Å². The van der Waals surface area contributed by atoms with Crippen LogP contribution in [0, 0.1) is 0 Å². The number of aliphatic imine (C=N–C) groups is 1. The van der Waals surface area contributed by atoms with E-state index in [1.165, 1.54) is 0 Å². The van der Waals surface area contributed by atoms with Crippen molar-refractivity contribution in [3.8, 4) is 5.75 Å². The third kappa shape index (κ3) is 4.42. The van der Waals surface area contributed by atoms with E-state index in [2.05, 4.69) is 27.0 Å². The van der Waals surface area contributed by atoms with Crippen LogP contribution in [-0.2, 0) is 17.6 Å². The summed E-state index contributed by atoms with van der Waals surface area (Å²) in [6, 6.07) is 11.7. The number of benzene rings is 2. The first-order valence-electron chi connectivity index (χ1n) is 8.62. The second kappa shape index (κ2) is 8.72. The Morgan fingerprint density at radius 3 is 2.85 bits per heavy atom. The molecule has 2 aromatic carbocycles. The molecule has 2 aromatic rings. The maximum atomic E-state index is 12.0. The zero-order valence-electron chi connectivity index (χ0n) is 15.2. The molecule has 0 radical (unpaired) electrons. The second-order valence-electron chi connectivity index (χ2n) is 6.19. The Hall–Kier alpha value is -2.11. The average Bonchev–Trinajstić information content (AvgIpc) is 2.67. The van der Waals surface area contributed by atoms with Gasteiger partial charge in [0, 0.05) is 34.7 Å². The fourth-order valence-electron chi connectivity index (χ4n) is 3.15. The summed E-state index contributed by atoms with van der Waals surface area (Å²) < 4.78 is 6.48. The normalized spacial score (nSPS) is 13.5. The SMILES string of the molecule is COc1ccc(Br)cc1CCc1c(Cl)cccc1C1=NC=CCN1C(C)=O. The van der Waals surface area contributed by atoms with Gasteiger partial charge < -0.3 is 4.74 Å². The number of hydrogen-bond donors (Lipinski definition) is 0. The predicted octanol–water partition coefficient (Wildman–Crippen LogP) is 5.02. The maximum Gasteiger partial charge on any atom is 0.225 e. The first-order valence-corrected chi connectivity index (χ1v) is 9.79. The molecular weight excluding hydrogens is 428 g/mol. The molecule has 140 valence electrons. The second-order valence-corrected chi connectivity index (χ2v) is 7.51. The summed E-state index contributed by atoms with van der Waals surface area (Å²) in [5.41, 5.74) is 2.95. The molecule has 1 aliphatic rings. The van der Waals surface area contributed by atoms with Crippen molar-refractivity contribution < 1.29 is 9.53 Å². The first kappa shape index (κ1) is 19.6. The molecular formula is C21H20BrClN2O2. The summed E-state index contributed by atoms with van der Waals surface area (Å²) >= 11 is 10.0. The number of aryl methyl sites for hydroxylation is 1. The molecule has 0 spiro atoms. The highest BCUT2D eigenvalue weighted by Gasteiger charge is 2.22. The molecule has 0 unspecified atom stereocenters. The number of ether oxygens (including phenoxy) is 1. The fourth-order valence-corrected chi connectivity index (χ4v) is 3.83. The summed E-state index contributed by atoms with van der Waals surface area (Å²) in [5, 5.41) is 0.669. The summed E-state index contributed by atoms with van der Waals surface area (Å²) in [4.78, 5) is 18.2. The van der Waals surface area contributed by atoms with Crippen LogP contribution in [0.4, 0.5) is 0 Å². The molecule has 0 saturated carbocycles. The molecule has 1 heterocycles. The topological polar surface area (TPSA) is 41.9 Å². The van der Waals surface area contributed by atoms with Gasteiger partial charge >= 0.3 is 0 Å². The lowest BCUT2D eigenvalue weighted by Crippen LogP contribution is -2.37. The van der Waals surface area contributed by atoms with Crippen molar-refractivity contribution in [3.05, 3.63) is 74.9 Å². The highest BCUT2D eigenvalue weighted by Crippen LogP contribution is 2.28. The molecule has 6 heteroatoms. The number of rotatable bonds is 5. The van der Waals surface area contributed by atoms with E-state index >= 15 is 0 Å². The number of halogens is 2. The van der Waals surface area contributed by atoms with Crippen LogP contribution in [0.5, 0.6) is 5.75 Å². The minimum absolute atomic E-state index is 0.0438. The lowest BCUT2D eigenvalue weighted by Gasteiger charge is -2.25. The summed E-state index contributed by atoms with van der Waals surface area (Å²) in [6.45, 7) is 2.06. The van der Waals surface area contributed by atoms with Crippen molar-refractivity contribution >= 4 is 39.3 Å². The van der Waals surface area contributed by atoms with Crippen molar-refractivity contribution in [3.63, 3.8) is 0 Å². The smallest absolute Gasteiger partial charge is 0.225 e. The van der Waals surface area contributed by atoms with Gasteiger partial charge in [-0.1, -0.05) is 39.7 Å². The molecule has 0 bridgehead atoms. The van der Waals surface area contributed by atoms with Gasteiger partial charge in [0.2, 0.25) is 5.91 Å². The number of hydrogen-bond acceptors (Lipinski definition) is 3. The molecule has 4 nitrogen and oxygen atoms in total. The molecule has 1 amide bonds. The van der Waals surface area contributed by atoms with E-state index in [-0.39, 0.29) is 5.91 Å². The van der Waals surface area contributed by atoms with Crippen LogP contribution in [0.3, 0.4) is 0 Å². The summed E-state index contributed by atoms with van der Waals surface area (Å²) in [7, 11) is 1.67. The zero-order valence-corrected chi connectivity index (χ0v) is 17.5. The van der Waals surface area contributed by atoms with E-state index in [1.807, 2.05) is 36.4 Å². The lowest BCUT2D eigenvalue weighted by molar-refractivity contribution is -0.124. The van der Waals surface area contributed by atoms with Crippen molar-refractivity contribution in [2.75, 3.05) is 13.7 Å². The Kier molecular flexibility index (Phi) is 6.34. The van der Waals surface area contributed by atoms with Crippen LogP contribution in [0.1, 0.15) is 23.6 Å². The van der Waals surface area contributed by atoms with Crippen LogP contribution in [0.2, 0.25) is 5.02 Å². The number of methoxy groups -OCH3 is 1. The quantitative estimate of drug-likeness (QED) is 0.646. The van der Waals surface area contributed by atoms with Crippen molar-refractivity contribution in [2.24, 2.45) is 4.99 Å². The number of carbonyl (C=O) groups is 1. The predicted molar refractivity (Wildman–Crippen MR) is 113 cm³/mol. The Morgan fingerprint density at radius 2 is 2.11 bits per heavy atom. The highest BCUT2D eigenvalue weighted by atomic mass is 79.9. The van der Waals surface area contributed by atoms with Gasteiger partial charge in [0.15, 0.2) is 0 Å². The number of carbonyl (C=O) groups excluding carboxylic acids is 1. The van der Waals surface area contributed by atoms with E-state index < -0.39 is 0 Å². The van der Waals surface area contributed by atoms with Gasteiger partial charge in [0.25, 0.3) is 0 Å². The Balaban J connectivity index is 1.95. The van der Waals surface area contributed by atoms with Gasteiger partial charge in [-0.05, 0) is 54.3 Å². The molecule has 0 saturated heterocycles. The highest BCUT2D eigenvalue weighted by molar-refractivity contribution is 9.10. The minimum atomic E-state index is -0.0438. The van der Waals surface area contributed by atoms with E-state index in [9.17, 15) is 4.79 Å². The monoisotopic (exact) mass is 446 g/mol. The molecule has 27 heavy (non-hydrogen) atoms. The fraction of sp³-hybridized carbons (Fsp3) is 0.238. The Labute approximate surface area is 172 Å². The van der Waals surface area contributed by atoms with Gasteiger partial charge in [-0.25, -0.2) is 4.99 Å². The number of amides is 1. The third-order valence-corrected chi connectivity index (χ3v) is 5.32. The summed E-state index contributed by atoms with van der Waals surface area (Å²) in [6.07, 6.45) is 5.05. The minimum Gasteiger partial charge on any atom is -0.496 e. The Morgan fingerprint density at radius 1 is 1.30 bits per heavy atom. The van der Waals surface area contributed by atoms with Gasteiger partial charge in [-0.2, -0.15) is 0 Å². The first-order chi connectivity index (χ1) is 13.0. The molecule has 3 rings (SSSR count). The third-order valence-electron chi connectivity index (χ3n) is 4.47. The van der Waals surface area contributed by atoms with Gasteiger partial charge in [-0.3, -0.25) is 9.69 Å². The zero-order chi connectivity index (χ0) is 19.4. The van der Waals surface area contributed by atoms with Crippen LogP contribution in [0.15, 0.2) is 58.1 Å². The Bertz CT molecular complexity index is 924. The number of nitrogens with zero attached hydrogens (tertiary/aromatic N) is 2. The van der Waals surface area contributed by atoms with Crippen molar-refractivity contribution in [2.45, 2.75) is 19.8 Å². The molecule has 0 N–H and O–H groups in total. The van der Waals surface area contributed by atoms with Crippen LogP contribution >= 0.6 is 27.5 Å². The molecule has 0 fully saturated rings. The largest absolute Gasteiger partial charge is 0.496 e. The van der Waals surface area contributed by atoms with E-state index in [4.69, 9.17) is 16.3 Å². The van der Waals surface area contributed by atoms with Crippen LogP contribution in [-0.4, -0.2) is 30.3 Å². The molecule has 1 aliphatic heterocycles. The number of amidine groups is 1. The van der Waals surface area contributed by atoms with Crippen molar-refractivity contribution in [1.29, 1.82) is 0 Å².